The second-order valence-corrected chi connectivity index (χ2v) is 4.88. The molecule has 0 spiro atoms. The van der Waals surface area contributed by atoms with Crippen LogP contribution in [0.4, 0.5) is 0 Å². The van der Waals surface area contributed by atoms with Crippen molar-refractivity contribution >= 4 is 40.4 Å². The summed E-state index contributed by atoms with van der Waals surface area (Å²) in [5, 5.41) is 0.592. The molecule has 0 radical (unpaired) electrons. The molecular weight excluding hydrogens is 313 g/mol. The lowest BCUT2D eigenvalue weighted by Crippen LogP contribution is -2.48. The van der Waals surface area contributed by atoms with Gasteiger partial charge < -0.3 is 9.31 Å². The lowest BCUT2D eigenvalue weighted by molar-refractivity contribution is -0.145. The van der Waals surface area contributed by atoms with Crippen molar-refractivity contribution in [2.45, 2.75) is 5.33 Å². The smallest absolute Gasteiger partial charge is 0.494 e. The van der Waals surface area contributed by atoms with Crippen LogP contribution in [0, 0.1) is 0 Å². The van der Waals surface area contributed by atoms with Gasteiger partial charge in [-0.3, -0.25) is 14.5 Å². The topological polar surface area (TPSA) is 55.8 Å². The highest BCUT2D eigenvalue weighted by Gasteiger charge is 2.34. The van der Waals surface area contributed by atoms with E-state index in [-0.39, 0.29) is 13.1 Å². The van der Waals surface area contributed by atoms with Gasteiger partial charge in [-0.15, -0.1) is 0 Å². The summed E-state index contributed by atoms with van der Waals surface area (Å²) in [6.45, 7) is 0.143. The molecule has 1 aliphatic rings. The SMILES string of the molecule is CN1CC(=O)OB(c2ccccc2CBr)OC(=O)C1. The fourth-order valence-electron chi connectivity index (χ4n) is 1.85. The number of likely N-dealkylation sites (N-methyl/N-ethyl adjacent to an activating group) is 1. The number of carbonyl (C=O) groups is 2. The first kappa shape index (κ1) is 14.1. The van der Waals surface area contributed by atoms with Crippen molar-refractivity contribution in [3.8, 4) is 0 Å². The second kappa shape index (κ2) is 6.21. The Kier molecular flexibility index (Phi) is 4.60. The van der Waals surface area contributed by atoms with Crippen molar-refractivity contribution in [2.75, 3.05) is 20.1 Å². The van der Waals surface area contributed by atoms with Gasteiger partial charge >= 0.3 is 19.1 Å². The van der Waals surface area contributed by atoms with Crippen LogP contribution in [0.15, 0.2) is 24.3 Å². The molecule has 7 heteroatoms. The normalized spacial score (nSPS) is 17.5. The van der Waals surface area contributed by atoms with E-state index in [1.165, 1.54) is 0 Å². The van der Waals surface area contributed by atoms with Crippen LogP contribution in [0.2, 0.25) is 0 Å². The Bertz CT molecular complexity index is 476. The van der Waals surface area contributed by atoms with E-state index in [0.29, 0.717) is 10.8 Å². The fourth-order valence-corrected chi connectivity index (χ4v) is 2.36. The molecule has 0 aromatic heterocycles. The molecule has 19 heavy (non-hydrogen) atoms. The van der Waals surface area contributed by atoms with Crippen molar-refractivity contribution in [2.24, 2.45) is 0 Å². The molecule has 1 aromatic rings. The number of carbonyl (C=O) groups excluding carboxylic acids is 2. The number of alkyl halides is 1. The molecule has 0 N–H and O–H groups in total. The average molecular weight is 326 g/mol. The zero-order valence-corrected chi connectivity index (χ0v) is 12.1. The molecule has 100 valence electrons. The maximum atomic E-state index is 11.7. The third-order valence-corrected chi connectivity index (χ3v) is 3.33. The van der Waals surface area contributed by atoms with E-state index < -0.39 is 19.1 Å². The van der Waals surface area contributed by atoms with Gasteiger partial charge in [0.05, 0.1) is 13.1 Å². The summed E-state index contributed by atoms with van der Waals surface area (Å²) in [5.74, 6) is -0.825. The fraction of sp³-hybridized carbons (Fsp3) is 0.333. The highest BCUT2D eigenvalue weighted by molar-refractivity contribution is 9.08. The van der Waals surface area contributed by atoms with Gasteiger partial charge in [0.1, 0.15) is 0 Å². The zero-order valence-electron chi connectivity index (χ0n) is 10.5. The first-order valence-corrected chi connectivity index (χ1v) is 6.93. The third-order valence-electron chi connectivity index (χ3n) is 2.73. The molecule has 0 amide bonds. The van der Waals surface area contributed by atoms with Crippen LogP contribution in [-0.4, -0.2) is 44.1 Å². The molecule has 0 bridgehead atoms. The van der Waals surface area contributed by atoms with Crippen LogP contribution >= 0.6 is 15.9 Å². The van der Waals surface area contributed by atoms with E-state index in [0.717, 1.165) is 5.56 Å². The molecule has 0 atom stereocenters. The molecule has 0 saturated carbocycles. The average Bonchev–Trinajstić information content (AvgIpc) is 2.35. The Morgan fingerprint density at radius 1 is 1.21 bits per heavy atom. The van der Waals surface area contributed by atoms with Gasteiger partial charge in [-0.25, -0.2) is 0 Å². The summed E-state index contributed by atoms with van der Waals surface area (Å²) in [6, 6.07) is 7.36. The molecule has 1 heterocycles. The van der Waals surface area contributed by atoms with E-state index in [1.807, 2.05) is 18.2 Å². The van der Waals surface area contributed by atoms with E-state index in [9.17, 15) is 9.59 Å². The molecule has 1 fully saturated rings. The minimum absolute atomic E-state index is 0.0715. The number of rotatable bonds is 2. The summed E-state index contributed by atoms with van der Waals surface area (Å²) in [4.78, 5) is 24.9. The summed E-state index contributed by atoms with van der Waals surface area (Å²) in [7, 11) is 0.692. The summed E-state index contributed by atoms with van der Waals surface area (Å²) < 4.78 is 10.4. The van der Waals surface area contributed by atoms with Gasteiger partial charge in [0, 0.05) is 10.8 Å². The number of hydrogen-bond acceptors (Lipinski definition) is 5. The molecule has 0 aliphatic carbocycles. The maximum absolute atomic E-state index is 11.7. The van der Waals surface area contributed by atoms with Crippen LogP contribution in [0.5, 0.6) is 0 Å². The highest BCUT2D eigenvalue weighted by Crippen LogP contribution is 2.07. The molecule has 1 saturated heterocycles. The van der Waals surface area contributed by atoms with E-state index in [1.54, 1.807) is 18.0 Å². The first-order chi connectivity index (χ1) is 9.10. The molecule has 2 rings (SSSR count). The Balaban J connectivity index is 2.26. The van der Waals surface area contributed by atoms with Crippen molar-refractivity contribution in [3.05, 3.63) is 29.8 Å². The van der Waals surface area contributed by atoms with Crippen molar-refractivity contribution in [3.63, 3.8) is 0 Å². The van der Waals surface area contributed by atoms with Gasteiger partial charge in [0.25, 0.3) is 0 Å². The summed E-state index contributed by atoms with van der Waals surface area (Å²) >= 11 is 3.36. The zero-order chi connectivity index (χ0) is 13.8. The Labute approximate surface area is 120 Å². The van der Waals surface area contributed by atoms with Gasteiger partial charge in [0.2, 0.25) is 0 Å². The summed E-state index contributed by atoms with van der Waals surface area (Å²) in [5.41, 5.74) is 1.60. The first-order valence-electron chi connectivity index (χ1n) is 5.81. The van der Waals surface area contributed by atoms with Crippen molar-refractivity contribution in [1.82, 2.24) is 4.90 Å². The molecule has 1 aliphatic heterocycles. The van der Waals surface area contributed by atoms with E-state index in [4.69, 9.17) is 9.31 Å². The largest absolute Gasteiger partial charge is 0.636 e. The van der Waals surface area contributed by atoms with Crippen molar-refractivity contribution < 1.29 is 18.9 Å². The number of nitrogens with zero attached hydrogens (tertiary/aromatic N) is 1. The maximum Gasteiger partial charge on any atom is 0.636 e. The quantitative estimate of drug-likeness (QED) is 0.578. The van der Waals surface area contributed by atoms with Crippen LogP contribution in [0.1, 0.15) is 5.56 Å². The number of benzene rings is 1. The van der Waals surface area contributed by atoms with Crippen LogP contribution in [0.25, 0.3) is 0 Å². The minimum atomic E-state index is -0.970. The van der Waals surface area contributed by atoms with Gasteiger partial charge in [-0.05, 0) is 12.6 Å². The number of hydrogen-bond donors (Lipinski definition) is 0. The lowest BCUT2D eigenvalue weighted by atomic mass is 9.76. The predicted octanol–water partition coefficient (Wildman–Crippen LogP) is 0.308. The van der Waals surface area contributed by atoms with E-state index in [2.05, 4.69) is 15.9 Å². The summed E-state index contributed by atoms with van der Waals surface area (Å²) in [6.07, 6.45) is 0. The van der Waals surface area contributed by atoms with Gasteiger partial charge in [0.15, 0.2) is 0 Å². The monoisotopic (exact) mass is 325 g/mol. The Morgan fingerprint density at radius 2 is 1.79 bits per heavy atom. The molecular formula is C12H13BBrNO4. The Hall–Kier alpha value is -1.34. The second-order valence-electron chi connectivity index (χ2n) is 4.32. The van der Waals surface area contributed by atoms with E-state index >= 15 is 0 Å². The van der Waals surface area contributed by atoms with Crippen molar-refractivity contribution in [1.29, 1.82) is 0 Å². The van der Waals surface area contributed by atoms with Crippen LogP contribution < -0.4 is 5.46 Å². The third kappa shape index (κ3) is 3.57. The van der Waals surface area contributed by atoms with Gasteiger partial charge in [-0.2, -0.15) is 0 Å². The van der Waals surface area contributed by atoms with Crippen LogP contribution in [0.3, 0.4) is 0 Å². The molecule has 1 aromatic carbocycles. The lowest BCUT2D eigenvalue weighted by Gasteiger charge is -2.23. The Morgan fingerprint density at radius 3 is 2.37 bits per heavy atom. The van der Waals surface area contributed by atoms with Crippen LogP contribution in [-0.2, 0) is 24.2 Å². The minimum Gasteiger partial charge on any atom is -0.494 e. The number of halogens is 1. The predicted molar refractivity (Wildman–Crippen MR) is 74.1 cm³/mol. The standard InChI is InChI=1S/C12H13BBrNO4/c1-15-7-11(16)18-13(19-12(17)8-15)10-5-3-2-4-9(10)6-14/h2-5H,6-8H2,1H3. The molecule has 5 nitrogen and oxygen atoms in total. The highest BCUT2D eigenvalue weighted by atomic mass is 79.9. The van der Waals surface area contributed by atoms with Gasteiger partial charge in [-0.1, -0.05) is 40.2 Å². The molecule has 0 unspecified atom stereocenters.